The predicted molar refractivity (Wildman–Crippen MR) is 85.4 cm³/mol. The summed E-state index contributed by atoms with van der Waals surface area (Å²) in [6.45, 7) is 2.24. The van der Waals surface area contributed by atoms with E-state index in [0.29, 0.717) is 11.6 Å². The van der Waals surface area contributed by atoms with Gasteiger partial charge in [-0.1, -0.05) is 35.7 Å². The summed E-state index contributed by atoms with van der Waals surface area (Å²) in [5.74, 6) is -0.0147. The summed E-state index contributed by atoms with van der Waals surface area (Å²) in [4.78, 5) is 11.3. The van der Waals surface area contributed by atoms with Crippen molar-refractivity contribution in [3.63, 3.8) is 0 Å². The van der Waals surface area contributed by atoms with Crippen molar-refractivity contribution in [1.29, 1.82) is 0 Å². The van der Waals surface area contributed by atoms with Crippen molar-refractivity contribution in [2.75, 3.05) is 5.32 Å². The Kier molecular flexibility index (Phi) is 5.46. The summed E-state index contributed by atoms with van der Waals surface area (Å²) >= 11 is 3.41. The second kappa shape index (κ2) is 7.11. The number of halogens is 1. The smallest absolute Gasteiger partial charge is 0.337 e. The van der Waals surface area contributed by atoms with Crippen LogP contribution in [0.25, 0.3) is 0 Å². The van der Waals surface area contributed by atoms with E-state index in [4.69, 9.17) is 0 Å². The van der Waals surface area contributed by atoms with Gasteiger partial charge in [-0.05, 0) is 49.8 Å². The molecule has 2 N–H and O–H groups in total. The Hall–Kier alpha value is -1.03. The van der Waals surface area contributed by atoms with E-state index in [1.54, 1.807) is 12.1 Å². The SMILES string of the molecule is CCCC1CCC(Nc2cc(Br)ccc2C(=O)O)CC1. The Morgan fingerprint density at radius 2 is 2.05 bits per heavy atom. The van der Waals surface area contributed by atoms with E-state index in [2.05, 4.69) is 28.2 Å². The van der Waals surface area contributed by atoms with Crippen LogP contribution in [0.4, 0.5) is 5.69 Å². The second-order valence-electron chi connectivity index (χ2n) is 5.65. The molecule has 0 amide bonds. The van der Waals surface area contributed by atoms with Crippen LogP contribution in [0.15, 0.2) is 22.7 Å². The zero-order valence-corrected chi connectivity index (χ0v) is 13.4. The third kappa shape index (κ3) is 3.98. The van der Waals surface area contributed by atoms with Crippen LogP contribution in [0.1, 0.15) is 55.8 Å². The molecule has 0 saturated heterocycles. The largest absolute Gasteiger partial charge is 0.478 e. The van der Waals surface area contributed by atoms with Gasteiger partial charge < -0.3 is 10.4 Å². The first-order chi connectivity index (χ1) is 9.60. The highest BCUT2D eigenvalue weighted by Crippen LogP contribution is 2.31. The number of benzene rings is 1. The molecular weight excluding hydrogens is 318 g/mol. The van der Waals surface area contributed by atoms with Gasteiger partial charge in [0, 0.05) is 10.5 Å². The Morgan fingerprint density at radius 3 is 2.65 bits per heavy atom. The van der Waals surface area contributed by atoms with E-state index in [9.17, 15) is 9.90 Å². The third-order valence-electron chi connectivity index (χ3n) is 4.12. The molecule has 1 fully saturated rings. The van der Waals surface area contributed by atoms with E-state index < -0.39 is 5.97 Å². The van der Waals surface area contributed by atoms with Gasteiger partial charge in [-0.15, -0.1) is 0 Å². The summed E-state index contributed by atoms with van der Waals surface area (Å²) in [6, 6.07) is 5.68. The summed E-state index contributed by atoms with van der Waals surface area (Å²) in [6.07, 6.45) is 7.36. The molecule has 1 aliphatic rings. The number of hydrogen-bond acceptors (Lipinski definition) is 2. The van der Waals surface area contributed by atoms with Crippen molar-refractivity contribution < 1.29 is 9.90 Å². The number of aromatic carboxylic acids is 1. The number of carboxylic acids is 1. The highest BCUT2D eigenvalue weighted by atomic mass is 79.9. The summed E-state index contributed by atoms with van der Waals surface area (Å²) in [7, 11) is 0. The fourth-order valence-corrected chi connectivity index (χ4v) is 3.41. The summed E-state index contributed by atoms with van der Waals surface area (Å²) in [5, 5.41) is 12.7. The Morgan fingerprint density at radius 1 is 1.35 bits per heavy atom. The van der Waals surface area contributed by atoms with Crippen molar-refractivity contribution in [3.8, 4) is 0 Å². The van der Waals surface area contributed by atoms with Gasteiger partial charge in [0.1, 0.15) is 0 Å². The molecule has 0 atom stereocenters. The van der Waals surface area contributed by atoms with Crippen molar-refractivity contribution in [3.05, 3.63) is 28.2 Å². The number of rotatable bonds is 5. The average Bonchev–Trinajstić information content (AvgIpc) is 2.41. The van der Waals surface area contributed by atoms with E-state index in [1.165, 1.54) is 25.7 Å². The van der Waals surface area contributed by atoms with Gasteiger partial charge in [0.05, 0.1) is 11.3 Å². The number of anilines is 1. The fraction of sp³-hybridized carbons (Fsp3) is 0.562. The quantitative estimate of drug-likeness (QED) is 0.800. The van der Waals surface area contributed by atoms with Crippen LogP contribution in [-0.4, -0.2) is 17.1 Å². The normalized spacial score (nSPS) is 22.5. The first-order valence-electron chi connectivity index (χ1n) is 7.39. The van der Waals surface area contributed by atoms with Crippen molar-refractivity contribution in [2.24, 2.45) is 5.92 Å². The van der Waals surface area contributed by atoms with Gasteiger partial charge in [-0.25, -0.2) is 4.79 Å². The van der Waals surface area contributed by atoms with Gasteiger partial charge in [0.25, 0.3) is 0 Å². The molecule has 0 heterocycles. The molecule has 1 aromatic rings. The molecule has 4 heteroatoms. The Labute approximate surface area is 128 Å². The molecule has 20 heavy (non-hydrogen) atoms. The van der Waals surface area contributed by atoms with Crippen LogP contribution in [0.3, 0.4) is 0 Å². The highest BCUT2D eigenvalue weighted by Gasteiger charge is 2.22. The number of carboxylic acid groups (broad SMARTS) is 1. The zero-order valence-electron chi connectivity index (χ0n) is 11.9. The molecule has 0 radical (unpaired) electrons. The Balaban J connectivity index is 2.00. The highest BCUT2D eigenvalue weighted by molar-refractivity contribution is 9.10. The third-order valence-corrected chi connectivity index (χ3v) is 4.61. The maximum absolute atomic E-state index is 11.3. The van der Waals surface area contributed by atoms with Crippen molar-refractivity contribution in [1.82, 2.24) is 0 Å². The standard InChI is InChI=1S/C16H22BrNO2/c1-2-3-11-4-7-13(8-5-11)18-15-10-12(17)6-9-14(15)16(19)20/h6,9-11,13,18H,2-5,7-8H2,1H3,(H,19,20). The summed E-state index contributed by atoms with van der Waals surface area (Å²) in [5.41, 5.74) is 1.08. The van der Waals surface area contributed by atoms with Crippen LogP contribution in [0.5, 0.6) is 0 Å². The molecule has 1 aromatic carbocycles. The zero-order chi connectivity index (χ0) is 14.5. The Bertz CT molecular complexity index is 468. The van der Waals surface area contributed by atoms with Crippen LogP contribution in [-0.2, 0) is 0 Å². The molecule has 1 aliphatic carbocycles. The van der Waals surface area contributed by atoms with Crippen LogP contribution < -0.4 is 5.32 Å². The van der Waals surface area contributed by atoms with E-state index >= 15 is 0 Å². The molecule has 0 spiro atoms. The monoisotopic (exact) mass is 339 g/mol. The first-order valence-corrected chi connectivity index (χ1v) is 8.18. The number of carbonyl (C=O) groups is 1. The van der Waals surface area contributed by atoms with Crippen LogP contribution in [0.2, 0.25) is 0 Å². The molecular formula is C16H22BrNO2. The maximum Gasteiger partial charge on any atom is 0.337 e. The molecule has 110 valence electrons. The molecule has 0 unspecified atom stereocenters. The lowest BCUT2D eigenvalue weighted by molar-refractivity contribution is 0.0698. The lowest BCUT2D eigenvalue weighted by Gasteiger charge is -2.30. The second-order valence-corrected chi connectivity index (χ2v) is 6.56. The topological polar surface area (TPSA) is 49.3 Å². The lowest BCUT2D eigenvalue weighted by atomic mass is 9.83. The summed E-state index contributed by atoms with van der Waals surface area (Å²) < 4.78 is 0.907. The number of nitrogens with one attached hydrogen (secondary N) is 1. The fourth-order valence-electron chi connectivity index (χ4n) is 3.05. The molecule has 2 rings (SSSR count). The van der Waals surface area contributed by atoms with E-state index in [1.807, 2.05) is 6.07 Å². The van der Waals surface area contributed by atoms with Crippen molar-refractivity contribution >= 4 is 27.6 Å². The molecule has 1 saturated carbocycles. The minimum Gasteiger partial charge on any atom is -0.478 e. The van der Waals surface area contributed by atoms with Crippen LogP contribution >= 0.6 is 15.9 Å². The lowest BCUT2D eigenvalue weighted by Crippen LogP contribution is -2.26. The van der Waals surface area contributed by atoms with Gasteiger partial charge >= 0.3 is 5.97 Å². The first kappa shape index (κ1) is 15.4. The van der Waals surface area contributed by atoms with Gasteiger partial charge in [-0.3, -0.25) is 0 Å². The van der Waals surface area contributed by atoms with Gasteiger partial charge in [0.2, 0.25) is 0 Å². The molecule has 3 nitrogen and oxygen atoms in total. The van der Waals surface area contributed by atoms with Crippen molar-refractivity contribution in [2.45, 2.75) is 51.5 Å². The average molecular weight is 340 g/mol. The number of hydrogen-bond donors (Lipinski definition) is 2. The van der Waals surface area contributed by atoms with Crippen LogP contribution in [0, 0.1) is 5.92 Å². The minimum absolute atomic E-state index is 0.351. The minimum atomic E-state index is -0.875. The molecule has 0 bridgehead atoms. The maximum atomic E-state index is 11.3. The van der Waals surface area contributed by atoms with E-state index in [-0.39, 0.29) is 0 Å². The predicted octanol–water partition coefficient (Wildman–Crippen LogP) is 4.92. The molecule has 0 aliphatic heterocycles. The van der Waals surface area contributed by atoms with E-state index in [0.717, 1.165) is 28.9 Å². The molecule has 0 aromatic heterocycles. The van der Waals surface area contributed by atoms with Gasteiger partial charge in [0.15, 0.2) is 0 Å². The van der Waals surface area contributed by atoms with Gasteiger partial charge in [-0.2, -0.15) is 0 Å².